The van der Waals surface area contributed by atoms with Crippen LogP contribution in [0.5, 0.6) is 17.2 Å². The van der Waals surface area contributed by atoms with Gasteiger partial charge in [0.1, 0.15) is 22.8 Å². The zero-order chi connectivity index (χ0) is 20.0. The standard InChI is InChI=1S/C24H33NO3/c1-24(2)17-19(12-13-25)23-21(26)15-20(16-22(23)28-24)27-14-8-4-7-11-18-9-5-3-6-10-18/h3,5-6,9-10,15-16,19,26H,4,7-8,11-14,17,25H2,1-2H3. The van der Waals surface area contributed by atoms with Crippen LogP contribution >= 0.6 is 0 Å². The number of hydrogen-bond acceptors (Lipinski definition) is 4. The van der Waals surface area contributed by atoms with E-state index in [-0.39, 0.29) is 17.3 Å². The second-order valence-electron chi connectivity index (χ2n) is 8.34. The van der Waals surface area contributed by atoms with Crippen molar-refractivity contribution in [3.05, 3.63) is 53.6 Å². The van der Waals surface area contributed by atoms with Crippen LogP contribution in [0.4, 0.5) is 0 Å². The van der Waals surface area contributed by atoms with Crippen molar-refractivity contribution in [3.63, 3.8) is 0 Å². The molecule has 0 radical (unpaired) electrons. The van der Waals surface area contributed by atoms with Gasteiger partial charge < -0.3 is 20.3 Å². The van der Waals surface area contributed by atoms with Crippen LogP contribution in [0, 0.1) is 0 Å². The highest BCUT2D eigenvalue weighted by atomic mass is 16.5. The molecule has 4 nitrogen and oxygen atoms in total. The van der Waals surface area contributed by atoms with Crippen molar-refractivity contribution in [1.82, 2.24) is 0 Å². The SMILES string of the molecule is CC1(C)CC(CCN)c2c(O)cc(OCCCCCc3ccccc3)cc2O1. The number of rotatable bonds is 9. The Balaban J connectivity index is 1.53. The van der Waals surface area contributed by atoms with Gasteiger partial charge in [-0.25, -0.2) is 0 Å². The fourth-order valence-electron chi connectivity index (χ4n) is 4.09. The van der Waals surface area contributed by atoms with Gasteiger partial charge in [0, 0.05) is 17.7 Å². The van der Waals surface area contributed by atoms with Crippen molar-refractivity contribution >= 4 is 0 Å². The van der Waals surface area contributed by atoms with Crippen LogP contribution in [0.1, 0.15) is 63.0 Å². The summed E-state index contributed by atoms with van der Waals surface area (Å²) >= 11 is 0. The highest BCUT2D eigenvalue weighted by Gasteiger charge is 2.35. The Morgan fingerprint density at radius 1 is 1.14 bits per heavy atom. The highest BCUT2D eigenvalue weighted by Crippen LogP contribution is 2.48. The van der Waals surface area contributed by atoms with E-state index in [1.165, 1.54) is 5.56 Å². The summed E-state index contributed by atoms with van der Waals surface area (Å²) in [6, 6.07) is 14.2. The number of benzene rings is 2. The molecule has 1 atom stereocenters. The molecule has 1 unspecified atom stereocenters. The lowest BCUT2D eigenvalue weighted by atomic mass is 9.82. The molecule has 4 heteroatoms. The Labute approximate surface area is 168 Å². The lowest BCUT2D eigenvalue weighted by Crippen LogP contribution is -2.35. The van der Waals surface area contributed by atoms with Crippen molar-refractivity contribution in [2.45, 2.75) is 63.9 Å². The molecule has 2 aromatic carbocycles. The van der Waals surface area contributed by atoms with Gasteiger partial charge in [-0.15, -0.1) is 0 Å². The lowest BCUT2D eigenvalue weighted by Gasteiger charge is -2.38. The van der Waals surface area contributed by atoms with E-state index in [1.807, 2.05) is 6.07 Å². The molecular formula is C24H33NO3. The first-order valence-corrected chi connectivity index (χ1v) is 10.4. The number of ether oxygens (including phenoxy) is 2. The van der Waals surface area contributed by atoms with Gasteiger partial charge >= 0.3 is 0 Å². The summed E-state index contributed by atoms with van der Waals surface area (Å²) in [7, 11) is 0. The Morgan fingerprint density at radius 2 is 1.93 bits per heavy atom. The molecule has 0 fully saturated rings. The van der Waals surface area contributed by atoms with E-state index in [1.54, 1.807) is 6.07 Å². The minimum Gasteiger partial charge on any atom is -0.507 e. The summed E-state index contributed by atoms with van der Waals surface area (Å²) in [6.45, 7) is 5.40. The molecule has 28 heavy (non-hydrogen) atoms. The maximum absolute atomic E-state index is 10.6. The normalized spacial score (nSPS) is 17.6. The quantitative estimate of drug-likeness (QED) is 0.586. The van der Waals surface area contributed by atoms with Crippen molar-refractivity contribution in [1.29, 1.82) is 0 Å². The average Bonchev–Trinajstić information content (AvgIpc) is 2.64. The van der Waals surface area contributed by atoms with Crippen molar-refractivity contribution in [2.24, 2.45) is 5.73 Å². The minimum absolute atomic E-state index is 0.218. The molecule has 0 saturated heterocycles. The van der Waals surface area contributed by atoms with Gasteiger partial charge in [0.25, 0.3) is 0 Å². The van der Waals surface area contributed by atoms with Crippen molar-refractivity contribution < 1.29 is 14.6 Å². The molecule has 0 spiro atoms. The zero-order valence-corrected chi connectivity index (χ0v) is 17.1. The van der Waals surface area contributed by atoms with E-state index >= 15 is 0 Å². The number of aromatic hydroxyl groups is 1. The summed E-state index contributed by atoms with van der Waals surface area (Å²) in [5, 5.41) is 10.6. The molecule has 0 aliphatic carbocycles. The van der Waals surface area contributed by atoms with E-state index in [0.717, 1.165) is 49.8 Å². The summed E-state index contributed by atoms with van der Waals surface area (Å²) in [6.07, 6.45) is 6.06. The molecule has 1 heterocycles. The first-order valence-electron chi connectivity index (χ1n) is 10.4. The molecule has 0 aromatic heterocycles. The largest absolute Gasteiger partial charge is 0.507 e. The lowest BCUT2D eigenvalue weighted by molar-refractivity contribution is 0.0692. The molecule has 0 bridgehead atoms. The second kappa shape index (κ2) is 9.33. The van der Waals surface area contributed by atoms with Crippen molar-refractivity contribution in [3.8, 4) is 17.2 Å². The third-order valence-electron chi connectivity index (χ3n) is 5.36. The predicted octanol–water partition coefficient (Wildman–Crippen LogP) is 5.18. The van der Waals surface area contributed by atoms with Gasteiger partial charge in [-0.3, -0.25) is 0 Å². The maximum Gasteiger partial charge on any atom is 0.130 e. The number of fused-ring (bicyclic) bond motifs is 1. The zero-order valence-electron chi connectivity index (χ0n) is 17.1. The number of phenolic OH excluding ortho intramolecular Hbond substituents is 1. The molecule has 0 saturated carbocycles. The number of phenols is 1. The Morgan fingerprint density at radius 3 is 2.68 bits per heavy atom. The van der Waals surface area contributed by atoms with Crippen molar-refractivity contribution in [2.75, 3.05) is 13.2 Å². The Hall–Kier alpha value is -2.20. The molecule has 1 aliphatic heterocycles. The Bertz CT molecular complexity index is 758. The first-order chi connectivity index (χ1) is 13.5. The smallest absolute Gasteiger partial charge is 0.130 e. The fourth-order valence-corrected chi connectivity index (χ4v) is 4.09. The fraction of sp³-hybridized carbons (Fsp3) is 0.500. The molecule has 2 aromatic rings. The molecule has 3 rings (SSSR count). The topological polar surface area (TPSA) is 64.7 Å². The van der Waals surface area contributed by atoms with Gasteiger partial charge in [-0.1, -0.05) is 30.3 Å². The minimum atomic E-state index is -0.269. The number of aryl methyl sites for hydroxylation is 1. The maximum atomic E-state index is 10.6. The summed E-state index contributed by atoms with van der Waals surface area (Å²) in [5.74, 6) is 1.87. The molecule has 3 N–H and O–H groups in total. The highest BCUT2D eigenvalue weighted by molar-refractivity contribution is 5.53. The third-order valence-corrected chi connectivity index (χ3v) is 5.36. The van der Waals surface area contributed by atoms with Crippen LogP contribution in [-0.2, 0) is 6.42 Å². The van der Waals surface area contributed by atoms with Crippen LogP contribution in [0.2, 0.25) is 0 Å². The predicted molar refractivity (Wildman–Crippen MR) is 113 cm³/mol. The molecule has 0 amide bonds. The van der Waals surface area contributed by atoms with Gasteiger partial charge in [0.2, 0.25) is 0 Å². The summed E-state index contributed by atoms with van der Waals surface area (Å²) in [5.41, 5.74) is 7.77. The molecule has 152 valence electrons. The summed E-state index contributed by atoms with van der Waals surface area (Å²) < 4.78 is 12.0. The first kappa shape index (κ1) is 20.5. The van der Waals surface area contributed by atoms with Crippen LogP contribution in [0.15, 0.2) is 42.5 Å². The number of nitrogens with two attached hydrogens (primary N) is 1. The van der Waals surface area contributed by atoms with Gasteiger partial charge in [0.15, 0.2) is 0 Å². The van der Waals surface area contributed by atoms with Gasteiger partial charge in [-0.05, 0) is 70.4 Å². The van der Waals surface area contributed by atoms with E-state index < -0.39 is 0 Å². The summed E-state index contributed by atoms with van der Waals surface area (Å²) in [4.78, 5) is 0. The van der Waals surface area contributed by atoms with Crippen LogP contribution in [-0.4, -0.2) is 23.9 Å². The van der Waals surface area contributed by atoms with E-state index in [0.29, 0.717) is 18.9 Å². The van der Waals surface area contributed by atoms with Gasteiger partial charge in [0.05, 0.1) is 6.61 Å². The average molecular weight is 384 g/mol. The number of unbranched alkanes of at least 4 members (excludes halogenated alkanes) is 2. The van der Waals surface area contributed by atoms with E-state index in [2.05, 4.69) is 44.2 Å². The number of hydrogen-bond donors (Lipinski definition) is 2. The van der Waals surface area contributed by atoms with E-state index in [4.69, 9.17) is 15.2 Å². The van der Waals surface area contributed by atoms with Crippen LogP contribution in [0.3, 0.4) is 0 Å². The third kappa shape index (κ3) is 5.41. The molecular weight excluding hydrogens is 350 g/mol. The van der Waals surface area contributed by atoms with Gasteiger partial charge in [-0.2, -0.15) is 0 Å². The van der Waals surface area contributed by atoms with E-state index in [9.17, 15) is 5.11 Å². The monoisotopic (exact) mass is 383 g/mol. The second-order valence-corrected chi connectivity index (χ2v) is 8.34. The Kier molecular flexibility index (Phi) is 6.84. The van der Waals surface area contributed by atoms with Crippen LogP contribution < -0.4 is 15.2 Å². The molecule has 1 aliphatic rings. The van der Waals surface area contributed by atoms with Crippen LogP contribution in [0.25, 0.3) is 0 Å².